The number of aliphatic hydroxyl groups is 1. The summed E-state index contributed by atoms with van der Waals surface area (Å²) in [6.07, 6.45) is 1.60. The standard InChI is InChI=1S/C19H33NO3S/c1-14(2)10-11-19(5,21)18(12-15(3)13-20)24(22,23)17-9-7-6-8-16(17)4/h6-9,14-15,18,21H,10-13,20H2,1-5H3. The first-order valence-corrected chi connectivity index (χ1v) is 10.3. The molecule has 0 saturated heterocycles. The second kappa shape index (κ2) is 8.45. The zero-order valence-electron chi connectivity index (χ0n) is 15.6. The molecule has 3 N–H and O–H groups in total. The van der Waals surface area contributed by atoms with Gasteiger partial charge in [-0.25, -0.2) is 8.42 Å². The zero-order valence-corrected chi connectivity index (χ0v) is 16.4. The first-order valence-electron chi connectivity index (χ1n) is 8.74. The molecule has 0 radical (unpaired) electrons. The quantitative estimate of drug-likeness (QED) is 0.712. The fourth-order valence-corrected chi connectivity index (χ4v) is 5.41. The van der Waals surface area contributed by atoms with E-state index in [0.717, 1.165) is 6.42 Å². The summed E-state index contributed by atoms with van der Waals surface area (Å²) in [5.74, 6) is 0.435. The third-order valence-corrected chi connectivity index (χ3v) is 7.24. The van der Waals surface area contributed by atoms with Crippen molar-refractivity contribution in [2.45, 2.75) is 69.6 Å². The van der Waals surface area contributed by atoms with E-state index in [4.69, 9.17) is 5.73 Å². The van der Waals surface area contributed by atoms with Crippen molar-refractivity contribution in [3.8, 4) is 0 Å². The monoisotopic (exact) mass is 355 g/mol. The van der Waals surface area contributed by atoms with Crippen molar-refractivity contribution >= 4 is 9.84 Å². The summed E-state index contributed by atoms with van der Waals surface area (Å²) in [6, 6.07) is 6.97. The summed E-state index contributed by atoms with van der Waals surface area (Å²) < 4.78 is 26.6. The van der Waals surface area contributed by atoms with Crippen LogP contribution >= 0.6 is 0 Å². The van der Waals surface area contributed by atoms with Gasteiger partial charge in [0.2, 0.25) is 0 Å². The summed E-state index contributed by atoms with van der Waals surface area (Å²) in [5.41, 5.74) is 5.15. The molecule has 1 aromatic carbocycles. The highest BCUT2D eigenvalue weighted by molar-refractivity contribution is 7.92. The summed E-state index contributed by atoms with van der Waals surface area (Å²) in [4.78, 5) is 0.309. The van der Waals surface area contributed by atoms with Crippen LogP contribution in [0.1, 0.15) is 52.5 Å². The molecule has 0 fully saturated rings. The average molecular weight is 356 g/mol. The van der Waals surface area contributed by atoms with Gasteiger partial charge in [0.15, 0.2) is 9.84 Å². The van der Waals surface area contributed by atoms with E-state index in [1.54, 1.807) is 32.0 Å². The summed E-state index contributed by atoms with van der Waals surface area (Å²) in [5, 5.41) is 10.2. The summed E-state index contributed by atoms with van der Waals surface area (Å²) >= 11 is 0. The Morgan fingerprint density at radius 3 is 2.29 bits per heavy atom. The Balaban J connectivity index is 3.29. The highest BCUT2D eigenvalue weighted by Crippen LogP contribution is 2.34. The normalized spacial score (nSPS) is 17.5. The second-order valence-corrected chi connectivity index (χ2v) is 9.76. The lowest BCUT2D eigenvalue weighted by Gasteiger charge is -2.35. The third kappa shape index (κ3) is 5.30. The molecule has 3 unspecified atom stereocenters. The van der Waals surface area contributed by atoms with Gasteiger partial charge in [-0.05, 0) is 63.1 Å². The zero-order chi connectivity index (χ0) is 18.5. The summed E-state index contributed by atoms with van der Waals surface area (Å²) in [7, 11) is -3.65. The average Bonchev–Trinajstić information content (AvgIpc) is 2.50. The maximum absolute atomic E-state index is 13.3. The fourth-order valence-electron chi connectivity index (χ4n) is 2.95. The van der Waals surface area contributed by atoms with Gasteiger partial charge >= 0.3 is 0 Å². The molecule has 0 aliphatic carbocycles. The van der Waals surface area contributed by atoms with Crippen molar-refractivity contribution < 1.29 is 13.5 Å². The molecule has 0 amide bonds. The molecule has 5 heteroatoms. The minimum Gasteiger partial charge on any atom is -0.389 e. The molecular formula is C19H33NO3S. The van der Waals surface area contributed by atoms with Gasteiger partial charge in [0, 0.05) is 0 Å². The number of benzene rings is 1. The van der Waals surface area contributed by atoms with Gasteiger partial charge in [-0.15, -0.1) is 0 Å². The molecule has 0 aliphatic heterocycles. The van der Waals surface area contributed by atoms with Gasteiger partial charge in [-0.3, -0.25) is 0 Å². The Hall–Kier alpha value is -0.910. The minimum atomic E-state index is -3.65. The van der Waals surface area contributed by atoms with E-state index >= 15 is 0 Å². The number of sulfone groups is 1. The minimum absolute atomic E-state index is 0.0271. The SMILES string of the molecule is Cc1ccccc1S(=O)(=O)C(CC(C)CN)C(C)(O)CCC(C)C. The van der Waals surface area contributed by atoms with Gasteiger partial charge in [-0.2, -0.15) is 0 Å². The van der Waals surface area contributed by atoms with E-state index in [1.807, 2.05) is 13.0 Å². The highest BCUT2D eigenvalue weighted by atomic mass is 32.2. The number of rotatable bonds is 9. The lowest BCUT2D eigenvalue weighted by atomic mass is 9.88. The predicted octanol–water partition coefficient (Wildman–Crippen LogP) is 3.31. The first-order chi connectivity index (χ1) is 11.0. The van der Waals surface area contributed by atoms with Gasteiger partial charge in [-0.1, -0.05) is 39.0 Å². The van der Waals surface area contributed by atoms with Crippen molar-refractivity contribution in [2.75, 3.05) is 6.54 Å². The van der Waals surface area contributed by atoms with E-state index < -0.39 is 20.7 Å². The van der Waals surface area contributed by atoms with E-state index in [1.165, 1.54) is 0 Å². The number of hydrogen-bond donors (Lipinski definition) is 2. The Labute approximate surface area is 147 Å². The Morgan fingerprint density at radius 1 is 1.21 bits per heavy atom. The van der Waals surface area contributed by atoms with Gasteiger partial charge < -0.3 is 10.8 Å². The highest BCUT2D eigenvalue weighted by Gasteiger charge is 2.42. The van der Waals surface area contributed by atoms with Crippen molar-refractivity contribution in [2.24, 2.45) is 17.6 Å². The van der Waals surface area contributed by atoms with E-state index in [0.29, 0.717) is 35.8 Å². The van der Waals surface area contributed by atoms with Crippen LogP contribution in [0, 0.1) is 18.8 Å². The van der Waals surface area contributed by atoms with Gasteiger partial charge in [0.1, 0.15) is 0 Å². The van der Waals surface area contributed by atoms with Crippen LogP contribution in [-0.4, -0.2) is 30.9 Å². The summed E-state index contributed by atoms with van der Waals surface area (Å²) in [6.45, 7) is 9.92. The van der Waals surface area contributed by atoms with E-state index in [-0.39, 0.29) is 5.92 Å². The number of aryl methyl sites for hydroxylation is 1. The molecule has 138 valence electrons. The van der Waals surface area contributed by atoms with Crippen molar-refractivity contribution in [1.82, 2.24) is 0 Å². The maximum Gasteiger partial charge on any atom is 0.184 e. The Kier molecular flexibility index (Phi) is 7.44. The predicted molar refractivity (Wildman–Crippen MR) is 99.7 cm³/mol. The second-order valence-electron chi connectivity index (χ2n) is 7.67. The molecule has 0 aliphatic rings. The number of nitrogens with two attached hydrogens (primary N) is 1. The third-order valence-electron chi connectivity index (χ3n) is 4.71. The van der Waals surface area contributed by atoms with Crippen LogP contribution in [0.2, 0.25) is 0 Å². The van der Waals surface area contributed by atoms with Crippen LogP contribution in [0.5, 0.6) is 0 Å². The lowest BCUT2D eigenvalue weighted by Crippen LogP contribution is -2.46. The molecule has 0 aromatic heterocycles. The van der Waals surface area contributed by atoms with Crippen molar-refractivity contribution in [1.29, 1.82) is 0 Å². The molecule has 4 nitrogen and oxygen atoms in total. The van der Waals surface area contributed by atoms with Gasteiger partial charge in [0.05, 0.1) is 15.7 Å². The molecule has 1 rings (SSSR count). The largest absolute Gasteiger partial charge is 0.389 e. The van der Waals surface area contributed by atoms with E-state index in [2.05, 4.69) is 13.8 Å². The Bertz CT molecular complexity index is 623. The molecular weight excluding hydrogens is 322 g/mol. The molecule has 0 saturated carbocycles. The van der Waals surface area contributed by atoms with Crippen LogP contribution in [0.25, 0.3) is 0 Å². The molecule has 0 spiro atoms. The van der Waals surface area contributed by atoms with Crippen molar-refractivity contribution in [3.05, 3.63) is 29.8 Å². The smallest absolute Gasteiger partial charge is 0.184 e. The molecule has 3 atom stereocenters. The molecule has 0 bridgehead atoms. The maximum atomic E-state index is 13.3. The van der Waals surface area contributed by atoms with Crippen LogP contribution in [-0.2, 0) is 9.84 Å². The first kappa shape index (κ1) is 21.1. The number of hydrogen-bond acceptors (Lipinski definition) is 4. The molecule has 24 heavy (non-hydrogen) atoms. The topological polar surface area (TPSA) is 80.4 Å². The Morgan fingerprint density at radius 2 is 1.79 bits per heavy atom. The van der Waals surface area contributed by atoms with E-state index in [9.17, 15) is 13.5 Å². The van der Waals surface area contributed by atoms with Crippen molar-refractivity contribution in [3.63, 3.8) is 0 Å². The molecule has 1 aromatic rings. The fraction of sp³-hybridized carbons (Fsp3) is 0.684. The van der Waals surface area contributed by atoms with Crippen LogP contribution in [0.3, 0.4) is 0 Å². The molecule has 0 heterocycles. The van der Waals surface area contributed by atoms with Gasteiger partial charge in [0.25, 0.3) is 0 Å². The van der Waals surface area contributed by atoms with Crippen LogP contribution in [0.15, 0.2) is 29.2 Å². The van der Waals surface area contributed by atoms with Crippen LogP contribution in [0.4, 0.5) is 0 Å². The van der Waals surface area contributed by atoms with Crippen LogP contribution < -0.4 is 5.73 Å². The lowest BCUT2D eigenvalue weighted by molar-refractivity contribution is 0.0349.